The molecule has 6 aromatic rings. The van der Waals surface area contributed by atoms with Gasteiger partial charge in [-0.15, -0.1) is 0 Å². The van der Waals surface area contributed by atoms with E-state index in [-0.39, 0.29) is 37.9 Å². The number of ether oxygens (including phenoxy) is 2. The quantitative estimate of drug-likeness (QED) is 0.150. The number of hydrogen-bond acceptors (Lipinski definition) is 6. The second-order valence-electron chi connectivity index (χ2n) is 9.99. The van der Waals surface area contributed by atoms with E-state index in [1.54, 1.807) is 24.3 Å². The van der Waals surface area contributed by atoms with Crippen LogP contribution in [0.3, 0.4) is 0 Å². The summed E-state index contributed by atoms with van der Waals surface area (Å²) in [5.74, 6) is 1.65. The Morgan fingerprint density at radius 2 is 0.810 bits per heavy atom. The summed E-state index contributed by atoms with van der Waals surface area (Å²) in [6, 6.07) is 34.4. The van der Waals surface area contributed by atoms with Crippen LogP contribution in [-0.4, -0.2) is 46.9 Å². The summed E-state index contributed by atoms with van der Waals surface area (Å²) in [4.78, 5) is 0. The first-order valence-electron chi connectivity index (χ1n) is 13.8. The Labute approximate surface area is 243 Å². The smallest absolute Gasteiger partial charge is 0.128 e. The number of benzene rings is 6. The molecule has 0 atom stereocenters. The first-order valence-corrected chi connectivity index (χ1v) is 13.8. The molecule has 6 nitrogen and oxygen atoms in total. The van der Waals surface area contributed by atoms with Crippen LogP contribution in [0.25, 0.3) is 54.9 Å². The molecule has 0 heterocycles. The van der Waals surface area contributed by atoms with Gasteiger partial charge in [-0.1, -0.05) is 60.7 Å². The summed E-state index contributed by atoms with van der Waals surface area (Å²) >= 11 is 0. The molecule has 0 amide bonds. The Bertz CT molecular complexity index is 1720. The largest absolute Gasteiger partial charge is 0.508 e. The number of aliphatic hydroxyl groups is 2. The minimum Gasteiger partial charge on any atom is -0.508 e. The molecule has 6 rings (SSSR count). The Morgan fingerprint density at radius 1 is 0.429 bits per heavy atom. The fourth-order valence-corrected chi connectivity index (χ4v) is 5.35. The van der Waals surface area contributed by atoms with Crippen LogP contribution in [-0.2, 0) is 0 Å². The van der Waals surface area contributed by atoms with Crippen molar-refractivity contribution >= 4 is 21.5 Å². The minimum absolute atomic E-state index is 0.128. The van der Waals surface area contributed by atoms with Crippen LogP contribution in [0.1, 0.15) is 0 Å². The summed E-state index contributed by atoms with van der Waals surface area (Å²) in [7, 11) is 0. The molecule has 0 aliphatic rings. The van der Waals surface area contributed by atoms with E-state index in [9.17, 15) is 20.4 Å². The van der Waals surface area contributed by atoms with E-state index < -0.39 is 0 Å². The number of phenolic OH excluding ortho intramolecular Hbond substituents is 2. The van der Waals surface area contributed by atoms with Gasteiger partial charge in [0.15, 0.2) is 0 Å². The number of fused-ring (bicyclic) bond motifs is 2. The van der Waals surface area contributed by atoms with Gasteiger partial charge < -0.3 is 29.9 Å². The lowest BCUT2D eigenvalue weighted by Gasteiger charge is -2.20. The summed E-state index contributed by atoms with van der Waals surface area (Å²) in [5.41, 5.74) is 5.63. The van der Waals surface area contributed by atoms with Crippen LogP contribution in [0.2, 0.25) is 0 Å². The van der Waals surface area contributed by atoms with Crippen molar-refractivity contribution in [2.45, 2.75) is 0 Å². The number of rotatable bonds is 9. The molecular weight excluding hydrogens is 528 g/mol. The summed E-state index contributed by atoms with van der Waals surface area (Å²) < 4.78 is 12.2. The van der Waals surface area contributed by atoms with Crippen LogP contribution in [0.15, 0.2) is 109 Å². The van der Waals surface area contributed by atoms with Crippen molar-refractivity contribution in [1.29, 1.82) is 0 Å². The minimum atomic E-state index is -0.128. The van der Waals surface area contributed by atoms with E-state index in [0.717, 1.165) is 54.9 Å². The highest BCUT2D eigenvalue weighted by molar-refractivity contribution is 6.11. The normalized spacial score (nSPS) is 11.2. The summed E-state index contributed by atoms with van der Waals surface area (Å²) in [6.45, 7) is 0.00667. The maximum absolute atomic E-state index is 9.74. The molecule has 0 aliphatic heterocycles. The van der Waals surface area contributed by atoms with Crippen LogP contribution in [0, 0.1) is 0 Å². The molecule has 210 valence electrons. The Hall–Kier alpha value is -5.04. The Kier molecular flexibility index (Phi) is 7.64. The molecule has 4 N–H and O–H groups in total. The van der Waals surface area contributed by atoms with Crippen molar-refractivity contribution in [2.24, 2.45) is 0 Å². The second-order valence-corrected chi connectivity index (χ2v) is 9.99. The van der Waals surface area contributed by atoms with Crippen molar-refractivity contribution in [3.8, 4) is 56.4 Å². The molecule has 0 bridgehead atoms. The van der Waals surface area contributed by atoms with Crippen molar-refractivity contribution in [3.05, 3.63) is 109 Å². The van der Waals surface area contributed by atoms with Gasteiger partial charge in [-0.05, 0) is 92.3 Å². The number of aromatic hydroxyl groups is 2. The second kappa shape index (κ2) is 11.8. The van der Waals surface area contributed by atoms with E-state index in [1.165, 1.54) is 0 Å². The number of aliphatic hydroxyl groups excluding tert-OH is 2. The third-order valence-corrected chi connectivity index (χ3v) is 7.31. The number of phenols is 2. The van der Waals surface area contributed by atoms with Gasteiger partial charge in [-0.25, -0.2) is 0 Å². The predicted molar refractivity (Wildman–Crippen MR) is 166 cm³/mol. The van der Waals surface area contributed by atoms with Gasteiger partial charge in [0.1, 0.15) is 36.2 Å². The summed E-state index contributed by atoms with van der Waals surface area (Å²) in [6.07, 6.45) is 0. The Balaban J connectivity index is 1.59. The van der Waals surface area contributed by atoms with Gasteiger partial charge >= 0.3 is 0 Å². The molecule has 42 heavy (non-hydrogen) atoms. The Morgan fingerprint density at radius 3 is 1.19 bits per heavy atom. The third-order valence-electron chi connectivity index (χ3n) is 7.31. The third kappa shape index (κ3) is 5.33. The fraction of sp³-hybridized carbons (Fsp3) is 0.111. The zero-order valence-electron chi connectivity index (χ0n) is 22.8. The van der Waals surface area contributed by atoms with E-state index in [4.69, 9.17) is 9.47 Å². The molecule has 0 aliphatic carbocycles. The van der Waals surface area contributed by atoms with Gasteiger partial charge in [0.25, 0.3) is 0 Å². The van der Waals surface area contributed by atoms with Crippen LogP contribution in [0.5, 0.6) is 23.0 Å². The molecule has 0 unspecified atom stereocenters. The van der Waals surface area contributed by atoms with E-state index in [1.807, 2.05) is 60.7 Å². The molecule has 0 saturated heterocycles. The van der Waals surface area contributed by atoms with Gasteiger partial charge in [-0.2, -0.15) is 0 Å². The van der Waals surface area contributed by atoms with Crippen LogP contribution >= 0.6 is 0 Å². The molecule has 0 spiro atoms. The summed E-state index contributed by atoms with van der Waals surface area (Å²) in [5, 5.41) is 42.5. The van der Waals surface area contributed by atoms with Gasteiger partial charge in [0.2, 0.25) is 0 Å². The average Bonchev–Trinajstić information content (AvgIpc) is 3.02. The lowest BCUT2D eigenvalue weighted by Crippen LogP contribution is -2.05. The molecule has 6 heteroatoms. The highest BCUT2D eigenvalue weighted by Gasteiger charge is 2.20. The van der Waals surface area contributed by atoms with Gasteiger partial charge in [0.05, 0.1) is 13.2 Å². The van der Waals surface area contributed by atoms with Gasteiger partial charge in [-0.3, -0.25) is 0 Å². The first-order chi connectivity index (χ1) is 20.6. The van der Waals surface area contributed by atoms with E-state index >= 15 is 0 Å². The average molecular weight is 559 g/mol. The highest BCUT2D eigenvalue weighted by atomic mass is 16.5. The van der Waals surface area contributed by atoms with Crippen molar-refractivity contribution in [3.63, 3.8) is 0 Å². The topological polar surface area (TPSA) is 99.4 Å². The first kappa shape index (κ1) is 27.1. The van der Waals surface area contributed by atoms with Crippen molar-refractivity contribution in [2.75, 3.05) is 26.4 Å². The zero-order chi connectivity index (χ0) is 29.1. The van der Waals surface area contributed by atoms with E-state index in [0.29, 0.717) is 11.5 Å². The monoisotopic (exact) mass is 558 g/mol. The molecule has 6 aromatic carbocycles. The maximum Gasteiger partial charge on any atom is 0.128 e. The SMILES string of the molecule is OCCOc1ccc2cc(-c3ccc(O)cc3)ccc2c1-c1c(OCCO)ccc2cc(-c3ccc(O)cc3)ccc12. The van der Waals surface area contributed by atoms with Crippen molar-refractivity contribution in [1.82, 2.24) is 0 Å². The predicted octanol–water partition coefficient (Wildman–Crippen LogP) is 7.15. The lowest BCUT2D eigenvalue weighted by molar-refractivity contribution is 0.200. The zero-order valence-corrected chi connectivity index (χ0v) is 22.8. The molecule has 0 fully saturated rings. The van der Waals surface area contributed by atoms with Gasteiger partial charge in [0, 0.05) is 11.1 Å². The molecule has 0 saturated carbocycles. The van der Waals surface area contributed by atoms with Crippen LogP contribution < -0.4 is 9.47 Å². The standard InChI is InChI=1S/C36H30O6/c37-17-19-41-33-15-7-27-21-25(23-1-9-29(39)10-2-23)5-13-31(27)35(33)36-32-14-6-26(24-3-11-30(40)12-4-24)22-28(32)8-16-34(36)42-20-18-38/h1-16,21-22,37-40H,17-20H2. The molecule has 0 aromatic heterocycles. The fourth-order valence-electron chi connectivity index (χ4n) is 5.35. The van der Waals surface area contributed by atoms with E-state index in [2.05, 4.69) is 24.3 Å². The molecule has 0 radical (unpaired) electrons. The lowest BCUT2D eigenvalue weighted by atomic mass is 9.90. The van der Waals surface area contributed by atoms with Crippen molar-refractivity contribution < 1.29 is 29.9 Å². The highest BCUT2D eigenvalue weighted by Crippen LogP contribution is 2.46. The molecular formula is C36H30O6. The maximum atomic E-state index is 9.74. The number of hydrogen-bond donors (Lipinski definition) is 4. The van der Waals surface area contributed by atoms with Crippen LogP contribution in [0.4, 0.5) is 0 Å².